The molecule has 1 unspecified atom stereocenters. The highest BCUT2D eigenvalue weighted by atomic mass is 19.1. The summed E-state index contributed by atoms with van der Waals surface area (Å²) in [6.45, 7) is 2.10. The number of rotatable bonds is 3. The number of carbonyl (C=O) groups excluding carboxylic acids is 1. The molecule has 1 saturated heterocycles. The van der Waals surface area contributed by atoms with Crippen LogP contribution in [0.5, 0.6) is 0 Å². The Bertz CT molecular complexity index is 1010. The van der Waals surface area contributed by atoms with Crippen LogP contribution in [0.1, 0.15) is 23.2 Å². The van der Waals surface area contributed by atoms with Gasteiger partial charge in [-0.2, -0.15) is 0 Å². The van der Waals surface area contributed by atoms with Gasteiger partial charge in [-0.3, -0.25) is 0 Å². The van der Waals surface area contributed by atoms with Crippen molar-refractivity contribution in [3.63, 3.8) is 0 Å². The highest BCUT2D eigenvalue weighted by molar-refractivity contribution is 5.72. The lowest BCUT2D eigenvalue weighted by atomic mass is 10.2. The molecule has 1 amide bonds. The van der Waals surface area contributed by atoms with Crippen LogP contribution in [0.25, 0.3) is 11.2 Å². The highest BCUT2D eigenvalue weighted by Crippen LogP contribution is 2.23. The van der Waals surface area contributed by atoms with E-state index in [4.69, 9.17) is 9.47 Å². The van der Waals surface area contributed by atoms with Crippen molar-refractivity contribution in [1.29, 1.82) is 0 Å². The van der Waals surface area contributed by atoms with Gasteiger partial charge < -0.3 is 19.4 Å². The third kappa shape index (κ3) is 3.50. The molecule has 1 aliphatic rings. The molecule has 8 nitrogen and oxygen atoms in total. The first-order valence-electron chi connectivity index (χ1n) is 8.66. The van der Waals surface area contributed by atoms with Gasteiger partial charge >= 0.3 is 6.09 Å². The van der Waals surface area contributed by atoms with Gasteiger partial charge in [0.05, 0.1) is 24.4 Å². The summed E-state index contributed by atoms with van der Waals surface area (Å²) in [6.07, 6.45) is 0.248. The van der Waals surface area contributed by atoms with Crippen LogP contribution in [0.2, 0.25) is 0 Å². The zero-order chi connectivity index (χ0) is 19.7. The summed E-state index contributed by atoms with van der Waals surface area (Å²) in [6, 6.07) is 3.48. The van der Waals surface area contributed by atoms with Crippen LogP contribution < -0.4 is 0 Å². The Kier molecular flexibility index (Phi) is 4.86. The van der Waals surface area contributed by atoms with Gasteiger partial charge in [0.15, 0.2) is 5.65 Å². The zero-order valence-electron chi connectivity index (χ0n) is 15.0. The van der Waals surface area contributed by atoms with Crippen LogP contribution in [0, 0.1) is 18.6 Å². The Balaban J connectivity index is 1.44. The topological polar surface area (TPSA) is 93.2 Å². The molecule has 0 aliphatic carbocycles. The van der Waals surface area contributed by atoms with Crippen molar-refractivity contribution in [2.24, 2.45) is 0 Å². The lowest BCUT2D eigenvalue weighted by Crippen LogP contribution is -2.42. The molecule has 1 fully saturated rings. The molecule has 3 aromatic rings. The molecule has 1 aromatic carbocycles. The molecule has 2 aromatic heterocycles. The maximum absolute atomic E-state index is 13.7. The van der Waals surface area contributed by atoms with Gasteiger partial charge in [0.1, 0.15) is 42.0 Å². The number of H-pyrrole nitrogens is 1. The summed E-state index contributed by atoms with van der Waals surface area (Å²) < 4.78 is 38.1. The molecule has 0 radical (unpaired) electrons. The van der Waals surface area contributed by atoms with Crippen LogP contribution in [0.3, 0.4) is 0 Å². The van der Waals surface area contributed by atoms with E-state index in [2.05, 4.69) is 19.9 Å². The molecule has 10 heteroatoms. The monoisotopic (exact) mass is 389 g/mol. The van der Waals surface area contributed by atoms with E-state index in [-0.39, 0.29) is 18.7 Å². The second kappa shape index (κ2) is 7.47. The third-order valence-corrected chi connectivity index (χ3v) is 4.53. The average Bonchev–Trinajstić information content (AvgIpc) is 3.13. The van der Waals surface area contributed by atoms with Gasteiger partial charge in [0.25, 0.3) is 0 Å². The van der Waals surface area contributed by atoms with Gasteiger partial charge in [-0.1, -0.05) is 6.07 Å². The highest BCUT2D eigenvalue weighted by Gasteiger charge is 2.29. The number of hydrogen-bond donors (Lipinski definition) is 1. The Labute approximate surface area is 158 Å². The van der Waals surface area contributed by atoms with Gasteiger partial charge in [-0.15, -0.1) is 0 Å². The number of morpholine rings is 1. The summed E-state index contributed by atoms with van der Waals surface area (Å²) in [4.78, 5) is 29.5. The largest absolute Gasteiger partial charge is 0.444 e. The average molecular weight is 389 g/mol. The van der Waals surface area contributed by atoms with Crippen molar-refractivity contribution in [3.8, 4) is 0 Å². The summed E-state index contributed by atoms with van der Waals surface area (Å²) in [5.74, 6) is -0.992. The van der Waals surface area contributed by atoms with E-state index in [1.54, 1.807) is 0 Å². The second-order valence-electron chi connectivity index (χ2n) is 6.34. The number of aryl methyl sites for hydroxylation is 1. The first-order chi connectivity index (χ1) is 13.5. The minimum atomic E-state index is -0.758. The smallest absolute Gasteiger partial charge is 0.410 e. The molecule has 1 N–H and O–H groups in total. The Morgan fingerprint density at radius 3 is 2.89 bits per heavy atom. The minimum absolute atomic E-state index is 0.185. The molecule has 0 spiro atoms. The number of amides is 1. The number of aromatic amines is 1. The van der Waals surface area contributed by atoms with E-state index in [1.165, 1.54) is 17.3 Å². The molecule has 1 atom stereocenters. The molecule has 0 saturated carbocycles. The molecule has 146 valence electrons. The van der Waals surface area contributed by atoms with Gasteiger partial charge in [-0.05, 0) is 19.1 Å². The van der Waals surface area contributed by atoms with Gasteiger partial charge in [0.2, 0.25) is 0 Å². The van der Waals surface area contributed by atoms with E-state index in [0.29, 0.717) is 23.5 Å². The molecule has 3 heterocycles. The number of hydrogen-bond acceptors (Lipinski definition) is 6. The fourth-order valence-corrected chi connectivity index (χ4v) is 2.99. The summed E-state index contributed by atoms with van der Waals surface area (Å²) >= 11 is 0. The van der Waals surface area contributed by atoms with E-state index >= 15 is 0 Å². The first-order valence-corrected chi connectivity index (χ1v) is 8.66. The molecule has 28 heavy (non-hydrogen) atoms. The number of carbonyl (C=O) groups is 1. The van der Waals surface area contributed by atoms with Crippen molar-refractivity contribution >= 4 is 17.3 Å². The second-order valence-corrected chi connectivity index (χ2v) is 6.34. The van der Waals surface area contributed by atoms with Crippen molar-refractivity contribution in [2.75, 3.05) is 19.7 Å². The van der Waals surface area contributed by atoms with E-state index in [1.807, 2.05) is 6.92 Å². The minimum Gasteiger partial charge on any atom is -0.444 e. The number of halogens is 2. The molecule has 0 bridgehead atoms. The number of nitrogens with zero attached hydrogens (tertiary/aromatic N) is 4. The predicted octanol–water partition coefficient (Wildman–Crippen LogP) is 2.65. The van der Waals surface area contributed by atoms with Gasteiger partial charge in [-0.25, -0.2) is 28.5 Å². The van der Waals surface area contributed by atoms with Crippen LogP contribution in [0.4, 0.5) is 13.6 Å². The van der Waals surface area contributed by atoms with Crippen LogP contribution >= 0.6 is 0 Å². The van der Waals surface area contributed by atoms with E-state index in [0.717, 1.165) is 17.8 Å². The van der Waals surface area contributed by atoms with E-state index in [9.17, 15) is 13.6 Å². The number of fused-ring (bicyclic) bond motifs is 1. The quantitative estimate of drug-likeness (QED) is 0.740. The van der Waals surface area contributed by atoms with Crippen LogP contribution in [-0.2, 0) is 16.1 Å². The van der Waals surface area contributed by atoms with Crippen molar-refractivity contribution < 1.29 is 23.0 Å². The summed E-state index contributed by atoms with van der Waals surface area (Å²) in [5, 5.41) is 0. The van der Waals surface area contributed by atoms with Crippen LogP contribution in [-0.4, -0.2) is 50.6 Å². The van der Waals surface area contributed by atoms with Crippen molar-refractivity contribution in [3.05, 3.63) is 53.2 Å². The number of nitrogens with one attached hydrogen (secondary N) is 1. The number of imidazole rings is 1. The van der Waals surface area contributed by atoms with Crippen molar-refractivity contribution in [1.82, 2.24) is 24.8 Å². The standard InChI is InChI=1S/C18H17F2N5O3/c1-10-15-17(22-9-21-10)24-16(23-15)14-7-25(5-6-27-14)18(26)28-8-11-12(19)3-2-4-13(11)20/h2-4,9,14H,5-8H2,1H3,(H,21,22,23,24). The zero-order valence-corrected chi connectivity index (χ0v) is 15.0. The summed E-state index contributed by atoms with van der Waals surface area (Å²) in [7, 11) is 0. The first kappa shape index (κ1) is 18.2. The maximum atomic E-state index is 13.7. The fourth-order valence-electron chi connectivity index (χ4n) is 2.99. The maximum Gasteiger partial charge on any atom is 0.410 e. The Morgan fingerprint density at radius 1 is 1.36 bits per heavy atom. The Morgan fingerprint density at radius 2 is 2.14 bits per heavy atom. The summed E-state index contributed by atoms with van der Waals surface area (Å²) in [5.41, 5.74) is 1.69. The Hall–Kier alpha value is -3.14. The van der Waals surface area contributed by atoms with Gasteiger partial charge in [0, 0.05) is 6.54 Å². The van der Waals surface area contributed by atoms with Crippen LogP contribution in [0.15, 0.2) is 24.5 Å². The lowest BCUT2D eigenvalue weighted by Gasteiger charge is -2.31. The lowest BCUT2D eigenvalue weighted by molar-refractivity contribution is -0.0331. The SMILES string of the molecule is Cc1ncnc2nc(C3CN(C(=O)OCc4c(F)cccc4F)CCO3)[nH]c12. The normalized spacial score (nSPS) is 17.1. The van der Waals surface area contributed by atoms with Crippen molar-refractivity contribution in [2.45, 2.75) is 19.6 Å². The number of aromatic nitrogens is 4. The molecular weight excluding hydrogens is 372 g/mol. The predicted molar refractivity (Wildman–Crippen MR) is 93.2 cm³/mol. The number of ether oxygens (including phenoxy) is 2. The molecule has 1 aliphatic heterocycles. The third-order valence-electron chi connectivity index (χ3n) is 4.53. The van der Waals surface area contributed by atoms with E-state index < -0.39 is 30.4 Å². The fraction of sp³-hybridized carbons (Fsp3) is 0.333. The number of benzene rings is 1. The molecular formula is C18H17F2N5O3. The molecule has 4 rings (SSSR count).